The molecule has 1 atom stereocenters. The predicted molar refractivity (Wildman–Crippen MR) is 170 cm³/mol. The van der Waals surface area contributed by atoms with Crippen molar-refractivity contribution < 1.29 is 19.1 Å². The Hall–Kier alpha value is -4.24. The number of halogens is 2. The van der Waals surface area contributed by atoms with Gasteiger partial charge in [0, 0.05) is 37.4 Å². The highest BCUT2D eigenvalue weighted by Crippen LogP contribution is 2.29. The third-order valence-electron chi connectivity index (χ3n) is 5.95. The van der Waals surface area contributed by atoms with Crippen molar-refractivity contribution in [2.75, 3.05) is 17.7 Å². The zero-order chi connectivity index (χ0) is 30.1. The summed E-state index contributed by atoms with van der Waals surface area (Å²) in [5, 5.41) is 8.59. The molecule has 0 fully saturated rings. The summed E-state index contributed by atoms with van der Waals surface area (Å²) in [6.45, 7) is 1.79. The van der Waals surface area contributed by atoms with Gasteiger partial charge < -0.3 is 20.7 Å². The van der Waals surface area contributed by atoms with E-state index in [1.54, 1.807) is 105 Å². The van der Waals surface area contributed by atoms with Crippen molar-refractivity contribution in [1.29, 1.82) is 0 Å². The number of hydrogen-bond acceptors (Lipinski definition) is 5. The second-order valence-electron chi connectivity index (χ2n) is 8.97. The molecule has 4 rings (SSSR count). The van der Waals surface area contributed by atoms with Crippen molar-refractivity contribution in [2.24, 2.45) is 0 Å². The van der Waals surface area contributed by atoms with Gasteiger partial charge in [-0.2, -0.15) is 0 Å². The van der Waals surface area contributed by atoms with Gasteiger partial charge in [-0.1, -0.05) is 53.5 Å². The van der Waals surface area contributed by atoms with Gasteiger partial charge in [0.2, 0.25) is 5.91 Å². The molecular formula is C32H27Cl2N3O4S. The van der Waals surface area contributed by atoms with Gasteiger partial charge in [-0.05, 0) is 79.7 Å². The Bertz CT molecular complexity index is 1590. The van der Waals surface area contributed by atoms with E-state index in [9.17, 15) is 14.4 Å². The topological polar surface area (TPSA) is 96.5 Å². The standard InChI is InChI=1S/C32H27Cl2N3O4S/c1-20(30(38)35-22-14-16-24(41-2)17-15-22)42-25-11-6-10-23(18-25)36-32(40)29(19-26-27(33)12-7-13-28(26)34)37-31(39)21-8-4-3-5-9-21/h3-20H,1-2H3,(H,35,38)(H,36,40)(H,37,39)/b29-19+. The van der Waals surface area contributed by atoms with Crippen LogP contribution in [0.3, 0.4) is 0 Å². The van der Waals surface area contributed by atoms with E-state index in [0.29, 0.717) is 38.3 Å². The minimum atomic E-state index is -0.581. The van der Waals surface area contributed by atoms with Gasteiger partial charge in [0.05, 0.1) is 12.4 Å². The molecule has 3 N–H and O–H groups in total. The average molecular weight is 621 g/mol. The van der Waals surface area contributed by atoms with Crippen LogP contribution in [0.2, 0.25) is 10.0 Å². The minimum Gasteiger partial charge on any atom is -0.497 e. The number of hydrogen-bond donors (Lipinski definition) is 3. The average Bonchev–Trinajstić information content (AvgIpc) is 2.99. The molecule has 0 saturated heterocycles. The van der Waals surface area contributed by atoms with Crippen molar-refractivity contribution in [3.8, 4) is 5.75 Å². The fourth-order valence-corrected chi connectivity index (χ4v) is 5.19. The Balaban J connectivity index is 1.49. The van der Waals surface area contributed by atoms with E-state index in [1.165, 1.54) is 17.8 Å². The third-order valence-corrected chi connectivity index (χ3v) is 7.70. The Morgan fingerprint density at radius 1 is 0.810 bits per heavy atom. The van der Waals surface area contributed by atoms with E-state index in [1.807, 2.05) is 6.07 Å². The maximum Gasteiger partial charge on any atom is 0.272 e. The first-order valence-electron chi connectivity index (χ1n) is 12.8. The number of ether oxygens (including phenoxy) is 1. The molecule has 214 valence electrons. The SMILES string of the molecule is COc1ccc(NC(=O)C(C)Sc2cccc(NC(=O)/C(=C\c3c(Cl)cccc3Cl)NC(=O)c3ccccc3)c2)cc1. The second kappa shape index (κ2) is 14.6. The summed E-state index contributed by atoms with van der Waals surface area (Å²) >= 11 is 14.0. The molecule has 0 bridgehead atoms. The molecule has 0 aliphatic carbocycles. The summed E-state index contributed by atoms with van der Waals surface area (Å²) in [6.07, 6.45) is 1.44. The fraction of sp³-hybridized carbons (Fsp3) is 0.0938. The summed E-state index contributed by atoms with van der Waals surface area (Å²) in [5.41, 5.74) is 1.84. The molecule has 0 heterocycles. The van der Waals surface area contributed by atoms with Crippen molar-refractivity contribution >= 4 is 70.1 Å². The number of carbonyl (C=O) groups excluding carboxylic acids is 3. The zero-order valence-electron chi connectivity index (χ0n) is 22.7. The highest BCUT2D eigenvalue weighted by Gasteiger charge is 2.18. The summed E-state index contributed by atoms with van der Waals surface area (Å²) in [7, 11) is 1.58. The van der Waals surface area contributed by atoms with Crippen LogP contribution in [0.1, 0.15) is 22.8 Å². The van der Waals surface area contributed by atoms with Gasteiger partial charge in [0.15, 0.2) is 0 Å². The lowest BCUT2D eigenvalue weighted by Gasteiger charge is -2.14. The van der Waals surface area contributed by atoms with Gasteiger partial charge in [-0.15, -0.1) is 11.8 Å². The monoisotopic (exact) mass is 619 g/mol. The van der Waals surface area contributed by atoms with Gasteiger partial charge >= 0.3 is 0 Å². The molecule has 0 spiro atoms. The maximum atomic E-state index is 13.4. The first-order valence-corrected chi connectivity index (χ1v) is 14.4. The van der Waals surface area contributed by atoms with Crippen molar-refractivity contribution in [2.45, 2.75) is 17.1 Å². The van der Waals surface area contributed by atoms with E-state index in [4.69, 9.17) is 27.9 Å². The molecule has 0 aromatic heterocycles. The van der Waals surface area contributed by atoms with Crippen LogP contribution in [0.25, 0.3) is 6.08 Å². The first kappa shape index (κ1) is 30.7. The molecule has 0 radical (unpaired) electrons. The molecule has 7 nitrogen and oxygen atoms in total. The second-order valence-corrected chi connectivity index (χ2v) is 11.2. The number of rotatable bonds is 10. The van der Waals surface area contributed by atoms with Crippen molar-refractivity contribution in [3.63, 3.8) is 0 Å². The smallest absolute Gasteiger partial charge is 0.272 e. The molecule has 0 aliphatic heterocycles. The number of benzene rings is 4. The molecule has 1 unspecified atom stereocenters. The van der Waals surface area contributed by atoms with E-state index in [2.05, 4.69) is 16.0 Å². The van der Waals surface area contributed by atoms with Crippen molar-refractivity contribution in [3.05, 3.63) is 124 Å². The van der Waals surface area contributed by atoms with Crippen LogP contribution in [0.15, 0.2) is 108 Å². The number of methoxy groups -OCH3 is 1. The van der Waals surface area contributed by atoms with Crippen LogP contribution >= 0.6 is 35.0 Å². The number of anilines is 2. The molecule has 10 heteroatoms. The van der Waals surface area contributed by atoms with Crippen LogP contribution in [0.4, 0.5) is 11.4 Å². The number of amides is 3. The minimum absolute atomic E-state index is 0.0517. The van der Waals surface area contributed by atoms with Gasteiger partial charge in [-0.3, -0.25) is 14.4 Å². The lowest BCUT2D eigenvalue weighted by Crippen LogP contribution is -2.30. The van der Waals surface area contributed by atoms with E-state index >= 15 is 0 Å². The molecule has 4 aromatic carbocycles. The van der Waals surface area contributed by atoms with E-state index in [0.717, 1.165) is 4.90 Å². The van der Waals surface area contributed by atoms with Gasteiger partial charge in [0.1, 0.15) is 11.4 Å². The highest BCUT2D eigenvalue weighted by molar-refractivity contribution is 8.00. The van der Waals surface area contributed by atoms with Gasteiger partial charge in [0.25, 0.3) is 11.8 Å². The first-order chi connectivity index (χ1) is 20.2. The lowest BCUT2D eigenvalue weighted by atomic mass is 10.1. The zero-order valence-corrected chi connectivity index (χ0v) is 25.0. The molecular weight excluding hydrogens is 593 g/mol. The van der Waals surface area contributed by atoms with Gasteiger partial charge in [-0.25, -0.2) is 0 Å². The van der Waals surface area contributed by atoms with Crippen molar-refractivity contribution in [1.82, 2.24) is 5.32 Å². The third kappa shape index (κ3) is 8.39. The quantitative estimate of drug-likeness (QED) is 0.126. The summed E-state index contributed by atoms with van der Waals surface area (Å²) in [5.74, 6) is -0.532. The molecule has 0 aliphatic rings. The Morgan fingerprint density at radius 3 is 2.14 bits per heavy atom. The number of nitrogens with one attached hydrogen (secondary N) is 3. The van der Waals surface area contributed by atoms with E-state index < -0.39 is 17.1 Å². The van der Waals surface area contributed by atoms with Crippen LogP contribution < -0.4 is 20.7 Å². The lowest BCUT2D eigenvalue weighted by molar-refractivity contribution is -0.115. The fourth-order valence-electron chi connectivity index (χ4n) is 3.76. The summed E-state index contributed by atoms with van der Waals surface area (Å²) in [6, 6.07) is 27.6. The molecule has 3 amide bonds. The summed E-state index contributed by atoms with van der Waals surface area (Å²) in [4.78, 5) is 39.9. The molecule has 42 heavy (non-hydrogen) atoms. The highest BCUT2D eigenvalue weighted by atomic mass is 35.5. The van der Waals surface area contributed by atoms with E-state index in [-0.39, 0.29) is 11.6 Å². The largest absolute Gasteiger partial charge is 0.497 e. The Morgan fingerprint density at radius 2 is 1.48 bits per heavy atom. The van der Waals surface area contributed by atoms with Crippen LogP contribution in [0, 0.1) is 0 Å². The Kier molecular flexibility index (Phi) is 10.7. The normalized spacial score (nSPS) is 11.8. The maximum absolute atomic E-state index is 13.4. The molecule has 0 saturated carbocycles. The molecule has 4 aromatic rings. The van der Waals surface area contributed by atoms with Crippen LogP contribution in [-0.2, 0) is 9.59 Å². The number of carbonyl (C=O) groups is 3. The predicted octanol–water partition coefficient (Wildman–Crippen LogP) is 7.53. The number of thioether (sulfide) groups is 1. The summed E-state index contributed by atoms with van der Waals surface area (Å²) < 4.78 is 5.15. The Labute approximate surface area is 258 Å². The van der Waals surface area contributed by atoms with Crippen LogP contribution in [-0.4, -0.2) is 30.1 Å². The van der Waals surface area contributed by atoms with Crippen LogP contribution in [0.5, 0.6) is 5.75 Å².